The highest BCUT2D eigenvalue weighted by Crippen LogP contribution is 2.23. The molecule has 0 saturated carbocycles. The maximum atomic E-state index is 12.3. The molecule has 0 aliphatic rings. The van der Waals surface area contributed by atoms with Crippen LogP contribution in [0.2, 0.25) is 0 Å². The molecular formula is C18H17N3O5. The summed E-state index contributed by atoms with van der Waals surface area (Å²) in [5, 5.41) is 32.0. The summed E-state index contributed by atoms with van der Waals surface area (Å²) < 4.78 is 0. The van der Waals surface area contributed by atoms with Gasteiger partial charge in [0.2, 0.25) is 5.91 Å². The van der Waals surface area contributed by atoms with E-state index in [9.17, 15) is 24.6 Å². The topological polar surface area (TPSA) is 140 Å². The largest absolute Gasteiger partial charge is 0.507 e. The first kappa shape index (κ1) is 18.7. The van der Waals surface area contributed by atoms with Crippen LogP contribution in [0.5, 0.6) is 5.75 Å². The van der Waals surface area contributed by atoms with E-state index in [4.69, 9.17) is 5.41 Å². The lowest BCUT2D eigenvalue weighted by Gasteiger charge is -2.12. The van der Waals surface area contributed by atoms with Crippen molar-refractivity contribution in [1.82, 2.24) is 0 Å². The Kier molecular flexibility index (Phi) is 5.36. The number of aryl methyl sites for hydroxylation is 1. The standard InChI is InChI=1S/C18H17N3O5/c1-9-3-5-14(12(7-9)18(25)26)21-17(24)16(19)13-8-11(20-10(2)22)4-6-15(13)23/h3-8,19,23H,1-2H3,(H,20,22)(H,21,24)(H,25,26). The van der Waals surface area contributed by atoms with Crippen LogP contribution in [0.3, 0.4) is 0 Å². The highest BCUT2D eigenvalue weighted by atomic mass is 16.4. The maximum Gasteiger partial charge on any atom is 0.337 e. The smallest absolute Gasteiger partial charge is 0.337 e. The van der Waals surface area contributed by atoms with Crippen molar-refractivity contribution in [3.63, 3.8) is 0 Å². The quantitative estimate of drug-likeness (QED) is 0.414. The number of hydrogen-bond donors (Lipinski definition) is 5. The number of carbonyl (C=O) groups excluding carboxylic acids is 2. The number of aromatic carboxylic acids is 1. The molecule has 0 atom stereocenters. The first-order valence-corrected chi connectivity index (χ1v) is 7.54. The Morgan fingerprint density at radius 3 is 2.31 bits per heavy atom. The van der Waals surface area contributed by atoms with Crippen LogP contribution in [-0.4, -0.2) is 33.7 Å². The second-order valence-corrected chi connectivity index (χ2v) is 5.60. The molecule has 0 heterocycles. The zero-order chi connectivity index (χ0) is 19.4. The highest BCUT2D eigenvalue weighted by Gasteiger charge is 2.19. The van der Waals surface area contributed by atoms with Gasteiger partial charge in [0.1, 0.15) is 11.5 Å². The molecule has 2 amide bonds. The van der Waals surface area contributed by atoms with Crippen molar-refractivity contribution < 1.29 is 24.6 Å². The predicted molar refractivity (Wildman–Crippen MR) is 96.0 cm³/mol. The Hall–Kier alpha value is -3.68. The minimum absolute atomic E-state index is 0.0374. The summed E-state index contributed by atoms with van der Waals surface area (Å²) in [6, 6.07) is 8.41. The molecule has 0 spiro atoms. The van der Waals surface area contributed by atoms with Gasteiger partial charge in [0.15, 0.2) is 0 Å². The van der Waals surface area contributed by atoms with Gasteiger partial charge in [-0.15, -0.1) is 0 Å². The maximum absolute atomic E-state index is 12.3. The van der Waals surface area contributed by atoms with Gasteiger partial charge in [-0.05, 0) is 37.3 Å². The minimum Gasteiger partial charge on any atom is -0.507 e. The average molecular weight is 355 g/mol. The van der Waals surface area contributed by atoms with Crippen LogP contribution in [0.1, 0.15) is 28.4 Å². The first-order valence-electron chi connectivity index (χ1n) is 7.54. The van der Waals surface area contributed by atoms with Gasteiger partial charge in [-0.2, -0.15) is 0 Å². The van der Waals surface area contributed by atoms with Gasteiger partial charge in [-0.3, -0.25) is 15.0 Å². The van der Waals surface area contributed by atoms with Crippen LogP contribution in [0.25, 0.3) is 0 Å². The summed E-state index contributed by atoms with van der Waals surface area (Å²) in [5.74, 6) is -2.78. The second kappa shape index (κ2) is 7.47. The molecule has 0 aliphatic heterocycles. The van der Waals surface area contributed by atoms with E-state index in [1.807, 2.05) is 0 Å². The molecule has 2 aromatic rings. The van der Waals surface area contributed by atoms with Gasteiger partial charge in [0, 0.05) is 18.2 Å². The normalized spacial score (nSPS) is 10.1. The zero-order valence-corrected chi connectivity index (χ0v) is 14.1. The molecule has 0 aromatic heterocycles. The number of amides is 2. The van der Waals surface area contributed by atoms with E-state index < -0.39 is 17.6 Å². The minimum atomic E-state index is -1.22. The number of carboxylic acids is 1. The lowest BCUT2D eigenvalue weighted by molar-refractivity contribution is -0.114. The van der Waals surface area contributed by atoms with E-state index in [0.29, 0.717) is 11.3 Å². The number of phenols is 1. The van der Waals surface area contributed by atoms with Crippen molar-refractivity contribution in [1.29, 1.82) is 5.41 Å². The van der Waals surface area contributed by atoms with Crippen molar-refractivity contribution >= 4 is 34.9 Å². The van der Waals surface area contributed by atoms with Crippen LogP contribution >= 0.6 is 0 Å². The molecule has 0 bridgehead atoms. The molecule has 0 radical (unpaired) electrons. The summed E-state index contributed by atoms with van der Waals surface area (Å²) in [4.78, 5) is 34.8. The molecule has 8 heteroatoms. The van der Waals surface area contributed by atoms with Gasteiger partial charge < -0.3 is 20.8 Å². The van der Waals surface area contributed by atoms with Crippen molar-refractivity contribution in [3.8, 4) is 5.75 Å². The van der Waals surface area contributed by atoms with E-state index in [1.165, 1.54) is 37.3 Å². The Morgan fingerprint density at radius 2 is 1.69 bits per heavy atom. The fraction of sp³-hybridized carbons (Fsp3) is 0.111. The van der Waals surface area contributed by atoms with Crippen molar-refractivity contribution in [2.45, 2.75) is 13.8 Å². The van der Waals surface area contributed by atoms with E-state index in [1.54, 1.807) is 13.0 Å². The molecular weight excluding hydrogens is 338 g/mol. The highest BCUT2D eigenvalue weighted by molar-refractivity contribution is 6.48. The third kappa shape index (κ3) is 4.23. The Labute approximate surface area is 149 Å². The van der Waals surface area contributed by atoms with Crippen LogP contribution < -0.4 is 10.6 Å². The number of phenolic OH excluding ortho intramolecular Hbond substituents is 1. The monoisotopic (exact) mass is 355 g/mol. The number of benzene rings is 2. The molecule has 134 valence electrons. The van der Waals surface area contributed by atoms with Crippen molar-refractivity contribution in [2.24, 2.45) is 0 Å². The third-order valence-electron chi connectivity index (χ3n) is 3.47. The molecule has 0 saturated heterocycles. The summed E-state index contributed by atoms with van der Waals surface area (Å²) in [7, 11) is 0. The SMILES string of the molecule is CC(=O)Nc1ccc(O)c(C(=N)C(=O)Nc2ccc(C)cc2C(=O)O)c1. The number of rotatable bonds is 5. The molecule has 26 heavy (non-hydrogen) atoms. The number of carboxylic acid groups (broad SMARTS) is 1. The lowest BCUT2D eigenvalue weighted by atomic mass is 10.1. The van der Waals surface area contributed by atoms with Crippen LogP contribution in [0.4, 0.5) is 11.4 Å². The van der Waals surface area contributed by atoms with Crippen LogP contribution in [-0.2, 0) is 9.59 Å². The number of nitrogens with one attached hydrogen (secondary N) is 3. The zero-order valence-electron chi connectivity index (χ0n) is 14.1. The summed E-state index contributed by atoms with van der Waals surface area (Å²) in [5.41, 5.74) is 0.266. The van der Waals surface area contributed by atoms with Gasteiger partial charge in [-0.1, -0.05) is 11.6 Å². The van der Waals surface area contributed by atoms with Crippen molar-refractivity contribution in [3.05, 3.63) is 53.1 Å². The number of anilines is 2. The van der Waals surface area contributed by atoms with E-state index in [0.717, 1.165) is 0 Å². The van der Waals surface area contributed by atoms with Gasteiger partial charge in [0.25, 0.3) is 5.91 Å². The molecule has 2 rings (SSSR count). The van der Waals surface area contributed by atoms with E-state index >= 15 is 0 Å². The van der Waals surface area contributed by atoms with Gasteiger partial charge >= 0.3 is 5.97 Å². The summed E-state index contributed by atoms with van der Waals surface area (Å²) in [6.45, 7) is 3.01. The molecule has 0 fully saturated rings. The predicted octanol–water partition coefficient (Wildman–Crippen LogP) is 2.36. The lowest BCUT2D eigenvalue weighted by Crippen LogP contribution is -2.24. The first-order chi connectivity index (χ1) is 12.2. The van der Waals surface area contributed by atoms with Crippen LogP contribution in [0, 0.1) is 12.3 Å². The third-order valence-corrected chi connectivity index (χ3v) is 3.47. The molecule has 2 aromatic carbocycles. The fourth-order valence-corrected chi connectivity index (χ4v) is 2.27. The van der Waals surface area contributed by atoms with E-state index in [-0.39, 0.29) is 28.5 Å². The molecule has 8 nitrogen and oxygen atoms in total. The molecule has 0 aliphatic carbocycles. The van der Waals surface area contributed by atoms with E-state index in [2.05, 4.69) is 10.6 Å². The molecule has 5 N–H and O–H groups in total. The fourth-order valence-electron chi connectivity index (χ4n) is 2.27. The van der Waals surface area contributed by atoms with Crippen molar-refractivity contribution in [2.75, 3.05) is 10.6 Å². The molecule has 0 unspecified atom stereocenters. The summed E-state index contributed by atoms with van der Waals surface area (Å²) >= 11 is 0. The number of aromatic hydroxyl groups is 1. The van der Waals surface area contributed by atoms with Gasteiger partial charge in [0.05, 0.1) is 11.3 Å². The van der Waals surface area contributed by atoms with Gasteiger partial charge in [-0.25, -0.2) is 4.79 Å². The van der Waals surface area contributed by atoms with Crippen LogP contribution in [0.15, 0.2) is 36.4 Å². The number of hydrogen-bond acceptors (Lipinski definition) is 5. The average Bonchev–Trinajstić information content (AvgIpc) is 2.56. The Bertz CT molecular complexity index is 921. The summed E-state index contributed by atoms with van der Waals surface area (Å²) in [6.07, 6.45) is 0. The number of carbonyl (C=O) groups is 3. The Balaban J connectivity index is 2.30. The second-order valence-electron chi connectivity index (χ2n) is 5.60. The Morgan fingerprint density at radius 1 is 1.00 bits per heavy atom.